The average molecular weight is 421 g/mol. The summed E-state index contributed by atoms with van der Waals surface area (Å²) in [7, 11) is 1.58. The van der Waals surface area contributed by atoms with Crippen LogP contribution < -0.4 is 10.1 Å². The molecule has 1 fully saturated rings. The molecule has 1 aliphatic rings. The Morgan fingerprint density at radius 2 is 2.03 bits per heavy atom. The predicted octanol–water partition coefficient (Wildman–Crippen LogP) is 3.78. The van der Waals surface area contributed by atoms with Crippen LogP contribution in [-0.4, -0.2) is 41.5 Å². The highest BCUT2D eigenvalue weighted by molar-refractivity contribution is 7.99. The number of furan rings is 1. The second-order valence-corrected chi connectivity index (χ2v) is 7.89. The van der Waals surface area contributed by atoms with Crippen LogP contribution >= 0.6 is 11.8 Å². The first kappa shape index (κ1) is 19.9. The number of amides is 2. The van der Waals surface area contributed by atoms with E-state index in [0.29, 0.717) is 34.2 Å². The summed E-state index contributed by atoms with van der Waals surface area (Å²) in [5, 5.41) is 12.5. The third kappa shape index (κ3) is 3.60. The molecule has 2 aromatic carbocycles. The number of carbonyl (C=O) groups is 2. The van der Waals surface area contributed by atoms with Crippen LogP contribution in [0.3, 0.4) is 0 Å². The van der Waals surface area contributed by atoms with E-state index in [9.17, 15) is 9.59 Å². The number of methoxy groups -OCH3 is 1. The Bertz CT molecular complexity index is 1160. The maximum absolute atomic E-state index is 13.2. The van der Waals surface area contributed by atoms with Crippen molar-refractivity contribution in [2.24, 2.45) is 0 Å². The van der Waals surface area contributed by atoms with Crippen LogP contribution in [0.2, 0.25) is 0 Å². The van der Waals surface area contributed by atoms with E-state index in [-0.39, 0.29) is 17.6 Å². The topological polar surface area (TPSA) is 95.6 Å². The standard InChI is InChI=1S/C22H19N3O4S/c1-13-17-9-16(28-2)7-8-19(17)29-20(13)22(27)25-12-30-11-18(25)21(26)24-15-5-3-14(10-23)4-6-15/h3-9,18H,11-12H2,1-2H3,(H,24,26). The van der Waals surface area contributed by atoms with Gasteiger partial charge in [-0.05, 0) is 49.4 Å². The molecule has 1 atom stereocenters. The molecular formula is C22H19N3O4S. The van der Waals surface area contributed by atoms with Crippen molar-refractivity contribution < 1.29 is 18.7 Å². The van der Waals surface area contributed by atoms with E-state index in [4.69, 9.17) is 14.4 Å². The van der Waals surface area contributed by atoms with Gasteiger partial charge in [-0.3, -0.25) is 9.59 Å². The summed E-state index contributed by atoms with van der Waals surface area (Å²) < 4.78 is 11.1. The lowest BCUT2D eigenvalue weighted by Gasteiger charge is -2.22. The van der Waals surface area contributed by atoms with Gasteiger partial charge in [-0.2, -0.15) is 5.26 Å². The largest absolute Gasteiger partial charge is 0.497 e. The number of ether oxygens (including phenoxy) is 1. The van der Waals surface area contributed by atoms with Crippen LogP contribution in [0.1, 0.15) is 21.7 Å². The van der Waals surface area contributed by atoms with E-state index < -0.39 is 6.04 Å². The van der Waals surface area contributed by atoms with E-state index >= 15 is 0 Å². The van der Waals surface area contributed by atoms with Crippen LogP contribution in [0, 0.1) is 18.3 Å². The summed E-state index contributed by atoms with van der Waals surface area (Å²) >= 11 is 1.52. The molecular weight excluding hydrogens is 402 g/mol. The van der Waals surface area contributed by atoms with Crippen molar-refractivity contribution in [3.63, 3.8) is 0 Å². The molecule has 1 aliphatic heterocycles. The number of hydrogen-bond acceptors (Lipinski definition) is 6. The predicted molar refractivity (Wildman–Crippen MR) is 115 cm³/mol. The number of nitrogens with zero attached hydrogens (tertiary/aromatic N) is 2. The molecule has 3 aromatic rings. The fourth-order valence-electron chi connectivity index (χ4n) is 3.38. The lowest BCUT2D eigenvalue weighted by atomic mass is 10.1. The number of rotatable bonds is 4. The number of benzene rings is 2. The van der Waals surface area contributed by atoms with Crippen molar-refractivity contribution in [1.29, 1.82) is 5.26 Å². The first-order chi connectivity index (χ1) is 14.5. The smallest absolute Gasteiger partial charge is 0.291 e. The summed E-state index contributed by atoms with van der Waals surface area (Å²) in [6.45, 7) is 1.83. The maximum Gasteiger partial charge on any atom is 0.291 e. The zero-order chi connectivity index (χ0) is 21.3. The highest BCUT2D eigenvalue weighted by Gasteiger charge is 2.37. The number of anilines is 1. The van der Waals surface area contributed by atoms with Gasteiger partial charge in [0.15, 0.2) is 5.76 Å². The van der Waals surface area contributed by atoms with Gasteiger partial charge < -0.3 is 19.4 Å². The molecule has 1 unspecified atom stereocenters. The summed E-state index contributed by atoms with van der Waals surface area (Å²) in [4.78, 5) is 27.6. The molecule has 0 radical (unpaired) electrons. The van der Waals surface area contributed by atoms with Gasteiger partial charge >= 0.3 is 0 Å². The van der Waals surface area contributed by atoms with Crippen molar-refractivity contribution in [3.8, 4) is 11.8 Å². The lowest BCUT2D eigenvalue weighted by molar-refractivity contribution is -0.119. The van der Waals surface area contributed by atoms with Crippen molar-refractivity contribution >= 4 is 40.2 Å². The molecule has 8 heteroatoms. The van der Waals surface area contributed by atoms with Gasteiger partial charge in [0.05, 0.1) is 24.6 Å². The summed E-state index contributed by atoms with van der Waals surface area (Å²) in [6.07, 6.45) is 0. The Kier molecular flexibility index (Phi) is 5.38. The number of hydrogen-bond donors (Lipinski definition) is 1. The summed E-state index contributed by atoms with van der Waals surface area (Å²) in [6, 6.07) is 13.4. The zero-order valence-electron chi connectivity index (χ0n) is 16.5. The average Bonchev–Trinajstić information content (AvgIpc) is 3.39. The molecule has 1 N–H and O–H groups in total. The molecule has 0 saturated carbocycles. The van der Waals surface area contributed by atoms with Crippen LogP contribution in [0.5, 0.6) is 5.75 Å². The van der Waals surface area contributed by atoms with Gasteiger partial charge in [-0.15, -0.1) is 11.8 Å². The Morgan fingerprint density at radius 1 is 1.27 bits per heavy atom. The monoisotopic (exact) mass is 421 g/mol. The lowest BCUT2D eigenvalue weighted by Crippen LogP contribution is -2.44. The van der Waals surface area contributed by atoms with Crippen molar-refractivity contribution in [2.45, 2.75) is 13.0 Å². The van der Waals surface area contributed by atoms with Gasteiger partial charge in [0.1, 0.15) is 17.4 Å². The van der Waals surface area contributed by atoms with E-state index in [2.05, 4.69) is 5.32 Å². The van der Waals surface area contributed by atoms with E-state index in [0.717, 1.165) is 10.9 Å². The molecule has 2 amide bonds. The summed E-state index contributed by atoms with van der Waals surface area (Å²) in [5.41, 5.74) is 2.41. The van der Waals surface area contributed by atoms with Crippen molar-refractivity contribution in [3.05, 3.63) is 59.4 Å². The number of nitriles is 1. The molecule has 30 heavy (non-hydrogen) atoms. The molecule has 0 bridgehead atoms. The highest BCUT2D eigenvalue weighted by Crippen LogP contribution is 2.32. The van der Waals surface area contributed by atoms with Gasteiger partial charge in [0, 0.05) is 22.4 Å². The third-order valence-electron chi connectivity index (χ3n) is 5.06. The number of thioether (sulfide) groups is 1. The van der Waals surface area contributed by atoms with Crippen LogP contribution in [0.15, 0.2) is 46.9 Å². The van der Waals surface area contributed by atoms with Gasteiger partial charge in [-0.25, -0.2) is 0 Å². The summed E-state index contributed by atoms with van der Waals surface area (Å²) in [5.74, 6) is 1.24. The van der Waals surface area contributed by atoms with Crippen LogP contribution in [-0.2, 0) is 4.79 Å². The zero-order valence-corrected chi connectivity index (χ0v) is 17.3. The first-order valence-corrected chi connectivity index (χ1v) is 10.4. The quantitative estimate of drug-likeness (QED) is 0.689. The SMILES string of the molecule is COc1ccc2oc(C(=O)N3CSCC3C(=O)Nc3ccc(C#N)cc3)c(C)c2c1. The minimum atomic E-state index is -0.611. The minimum Gasteiger partial charge on any atom is -0.497 e. The van der Waals surface area contributed by atoms with Crippen molar-refractivity contribution in [2.75, 3.05) is 24.1 Å². The Labute approximate surface area is 177 Å². The van der Waals surface area contributed by atoms with Gasteiger partial charge in [0.2, 0.25) is 5.91 Å². The van der Waals surface area contributed by atoms with Crippen LogP contribution in [0.4, 0.5) is 5.69 Å². The second kappa shape index (κ2) is 8.13. The molecule has 4 rings (SSSR count). The number of aryl methyl sites for hydroxylation is 1. The highest BCUT2D eigenvalue weighted by atomic mass is 32.2. The maximum atomic E-state index is 13.2. The van der Waals surface area contributed by atoms with Gasteiger partial charge in [0.25, 0.3) is 5.91 Å². The number of carbonyl (C=O) groups excluding carboxylic acids is 2. The minimum absolute atomic E-state index is 0.233. The number of nitrogens with one attached hydrogen (secondary N) is 1. The molecule has 7 nitrogen and oxygen atoms in total. The Morgan fingerprint density at radius 3 is 2.73 bits per heavy atom. The van der Waals surface area contributed by atoms with Gasteiger partial charge in [-0.1, -0.05) is 0 Å². The second-order valence-electron chi connectivity index (χ2n) is 6.89. The first-order valence-electron chi connectivity index (χ1n) is 9.28. The molecule has 0 spiro atoms. The van der Waals surface area contributed by atoms with Crippen LogP contribution in [0.25, 0.3) is 11.0 Å². The Balaban J connectivity index is 1.56. The Hall–Kier alpha value is -3.44. The van der Waals surface area contributed by atoms with E-state index in [1.807, 2.05) is 19.1 Å². The van der Waals surface area contributed by atoms with E-state index in [1.165, 1.54) is 16.7 Å². The third-order valence-corrected chi connectivity index (χ3v) is 6.08. The number of fused-ring (bicyclic) bond motifs is 1. The fraction of sp³-hybridized carbons (Fsp3) is 0.227. The normalized spacial score (nSPS) is 15.8. The molecule has 152 valence electrons. The molecule has 1 saturated heterocycles. The molecule has 1 aromatic heterocycles. The molecule has 0 aliphatic carbocycles. The van der Waals surface area contributed by atoms with E-state index in [1.54, 1.807) is 43.5 Å². The van der Waals surface area contributed by atoms with Crippen molar-refractivity contribution in [1.82, 2.24) is 4.90 Å². The molecule has 2 heterocycles. The fourth-order valence-corrected chi connectivity index (χ4v) is 4.53.